The van der Waals surface area contributed by atoms with Gasteiger partial charge in [-0.15, -0.1) is 6.58 Å². The van der Waals surface area contributed by atoms with Gasteiger partial charge in [-0.25, -0.2) is 0 Å². The monoisotopic (exact) mass is 226 g/mol. The molecule has 2 nitrogen and oxygen atoms in total. The van der Waals surface area contributed by atoms with E-state index in [9.17, 15) is 0 Å². The fourth-order valence-electron chi connectivity index (χ4n) is 2.03. The molecule has 2 unspecified atom stereocenters. The van der Waals surface area contributed by atoms with Crippen LogP contribution in [0, 0.1) is 0 Å². The molecule has 0 radical (unpaired) electrons. The molecule has 0 bridgehead atoms. The molecule has 1 rings (SSSR count). The van der Waals surface area contributed by atoms with Crippen molar-refractivity contribution in [2.75, 3.05) is 6.61 Å². The van der Waals surface area contributed by atoms with E-state index in [2.05, 4.69) is 13.5 Å². The largest absolute Gasteiger partial charge is 0.353 e. The smallest absolute Gasteiger partial charge is 0.158 e. The average Bonchev–Trinajstić information content (AvgIpc) is 2.34. The molecular formula is C14H26O2. The molecule has 0 aromatic carbocycles. The van der Waals surface area contributed by atoms with Crippen LogP contribution in [0.4, 0.5) is 0 Å². The highest BCUT2D eigenvalue weighted by Gasteiger charge is 2.17. The third-order valence-electron chi connectivity index (χ3n) is 3.07. The second-order valence-electron chi connectivity index (χ2n) is 4.56. The molecule has 1 heterocycles. The average molecular weight is 226 g/mol. The normalized spacial score (nSPS) is 22.9. The maximum atomic E-state index is 5.88. The van der Waals surface area contributed by atoms with Gasteiger partial charge < -0.3 is 9.47 Å². The van der Waals surface area contributed by atoms with Gasteiger partial charge in [0.15, 0.2) is 6.29 Å². The van der Waals surface area contributed by atoms with E-state index in [1.807, 2.05) is 6.08 Å². The standard InChI is InChI=1S/C14H26O2/c1-3-5-6-7-10-13(4-2)16-14-11-8-9-12-15-14/h4,13-14H,2-3,5-12H2,1H3. The zero-order valence-electron chi connectivity index (χ0n) is 10.6. The summed E-state index contributed by atoms with van der Waals surface area (Å²) in [5.41, 5.74) is 0. The highest BCUT2D eigenvalue weighted by Crippen LogP contribution is 2.18. The summed E-state index contributed by atoms with van der Waals surface area (Å²) in [4.78, 5) is 0. The molecule has 2 atom stereocenters. The first-order valence-electron chi connectivity index (χ1n) is 6.76. The molecule has 1 aliphatic rings. The first-order chi connectivity index (χ1) is 7.86. The van der Waals surface area contributed by atoms with Crippen molar-refractivity contribution in [1.29, 1.82) is 0 Å². The summed E-state index contributed by atoms with van der Waals surface area (Å²) in [6, 6.07) is 0. The highest BCUT2D eigenvalue weighted by molar-refractivity contribution is 4.80. The molecule has 1 aliphatic heterocycles. The summed E-state index contributed by atoms with van der Waals surface area (Å²) >= 11 is 0. The Balaban J connectivity index is 2.12. The Bertz CT molecular complexity index is 174. The van der Waals surface area contributed by atoms with E-state index in [0.717, 1.165) is 19.4 Å². The zero-order chi connectivity index (χ0) is 11.6. The molecule has 16 heavy (non-hydrogen) atoms. The van der Waals surface area contributed by atoms with Crippen molar-refractivity contribution in [2.24, 2.45) is 0 Å². The minimum atomic E-state index is 0.0166. The van der Waals surface area contributed by atoms with Gasteiger partial charge in [0.1, 0.15) is 0 Å². The van der Waals surface area contributed by atoms with Gasteiger partial charge in [0.2, 0.25) is 0 Å². The van der Waals surface area contributed by atoms with Gasteiger partial charge in [-0.05, 0) is 25.7 Å². The molecule has 0 aromatic heterocycles. The lowest BCUT2D eigenvalue weighted by atomic mass is 10.1. The Morgan fingerprint density at radius 2 is 2.25 bits per heavy atom. The molecule has 0 aromatic rings. The molecule has 1 saturated heterocycles. The van der Waals surface area contributed by atoms with Gasteiger partial charge >= 0.3 is 0 Å². The molecule has 0 aliphatic carbocycles. The van der Waals surface area contributed by atoms with E-state index < -0.39 is 0 Å². The summed E-state index contributed by atoms with van der Waals surface area (Å²) in [6.45, 7) is 6.93. The van der Waals surface area contributed by atoms with Gasteiger partial charge in [-0.3, -0.25) is 0 Å². The number of hydrogen-bond donors (Lipinski definition) is 0. The van der Waals surface area contributed by atoms with E-state index in [-0.39, 0.29) is 12.4 Å². The van der Waals surface area contributed by atoms with Gasteiger partial charge in [0.05, 0.1) is 6.10 Å². The van der Waals surface area contributed by atoms with E-state index in [4.69, 9.17) is 9.47 Å². The molecule has 1 fully saturated rings. The van der Waals surface area contributed by atoms with Gasteiger partial charge in [-0.1, -0.05) is 38.7 Å². The number of rotatable bonds is 8. The number of ether oxygens (including phenoxy) is 2. The quantitative estimate of drug-likeness (QED) is 0.459. The van der Waals surface area contributed by atoms with Crippen molar-refractivity contribution in [3.8, 4) is 0 Å². The maximum Gasteiger partial charge on any atom is 0.158 e. The lowest BCUT2D eigenvalue weighted by Crippen LogP contribution is -2.26. The van der Waals surface area contributed by atoms with Crippen LogP contribution in [-0.4, -0.2) is 19.0 Å². The van der Waals surface area contributed by atoms with Crippen LogP contribution < -0.4 is 0 Å². The zero-order valence-corrected chi connectivity index (χ0v) is 10.6. The summed E-state index contributed by atoms with van der Waals surface area (Å²) in [5.74, 6) is 0. The van der Waals surface area contributed by atoms with Crippen LogP contribution in [0.1, 0.15) is 58.3 Å². The van der Waals surface area contributed by atoms with Crippen LogP contribution in [-0.2, 0) is 9.47 Å². The van der Waals surface area contributed by atoms with Crippen molar-refractivity contribution >= 4 is 0 Å². The van der Waals surface area contributed by atoms with Gasteiger partial charge in [0.25, 0.3) is 0 Å². The van der Waals surface area contributed by atoms with Crippen molar-refractivity contribution in [3.05, 3.63) is 12.7 Å². The summed E-state index contributed by atoms with van der Waals surface area (Å²) in [6.07, 6.45) is 11.8. The lowest BCUT2D eigenvalue weighted by molar-refractivity contribution is -0.179. The Morgan fingerprint density at radius 3 is 2.88 bits per heavy atom. The Kier molecular flexibility index (Phi) is 7.52. The van der Waals surface area contributed by atoms with Crippen LogP contribution in [0.25, 0.3) is 0 Å². The minimum Gasteiger partial charge on any atom is -0.353 e. The molecule has 2 heteroatoms. The second-order valence-corrected chi connectivity index (χ2v) is 4.56. The number of unbranched alkanes of at least 4 members (excludes halogenated alkanes) is 3. The first kappa shape index (κ1) is 13.7. The predicted octanol–water partition coefficient (Wildman–Crippen LogP) is 4.05. The topological polar surface area (TPSA) is 18.5 Å². The Hall–Kier alpha value is -0.340. The van der Waals surface area contributed by atoms with Crippen LogP contribution >= 0.6 is 0 Å². The molecule has 0 saturated carbocycles. The van der Waals surface area contributed by atoms with Crippen molar-refractivity contribution in [3.63, 3.8) is 0 Å². The maximum absolute atomic E-state index is 5.88. The Labute approximate surface area is 100 Å². The molecule has 0 amide bonds. The van der Waals surface area contributed by atoms with Gasteiger partial charge in [-0.2, -0.15) is 0 Å². The van der Waals surface area contributed by atoms with Crippen LogP contribution in [0.2, 0.25) is 0 Å². The molecular weight excluding hydrogens is 200 g/mol. The molecule has 94 valence electrons. The Morgan fingerprint density at radius 1 is 1.38 bits per heavy atom. The fourth-order valence-corrected chi connectivity index (χ4v) is 2.03. The molecule has 0 N–H and O–H groups in total. The van der Waals surface area contributed by atoms with E-state index >= 15 is 0 Å². The number of hydrogen-bond acceptors (Lipinski definition) is 2. The van der Waals surface area contributed by atoms with Crippen LogP contribution in [0.3, 0.4) is 0 Å². The fraction of sp³-hybridized carbons (Fsp3) is 0.857. The van der Waals surface area contributed by atoms with Crippen LogP contribution in [0.5, 0.6) is 0 Å². The van der Waals surface area contributed by atoms with Crippen molar-refractivity contribution < 1.29 is 9.47 Å². The second kappa shape index (κ2) is 8.77. The summed E-state index contributed by atoms with van der Waals surface area (Å²) < 4.78 is 11.4. The van der Waals surface area contributed by atoms with E-state index in [1.165, 1.54) is 38.5 Å². The predicted molar refractivity (Wildman–Crippen MR) is 67.4 cm³/mol. The minimum absolute atomic E-state index is 0.0166. The van der Waals surface area contributed by atoms with E-state index in [0.29, 0.717) is 0 Å². The third kappa shape index (κ3) is 5.66. The van der Waals surface area contributed by atoms with Crippen molar-refractivity contribution in [2.45, 2.75) is 70.7 Å². The SMILES string of the molecule is C=CC(CCCCCC)OC1CCCCO1. The third-order valence-corrected chi connectivity index (χ3v) is 3.07. The summed E-state index contributed by atoms with van der Waals surface area (Å²) in [7, 11) is 0. The van der Waals surface area contributed by atoms with Crippen LogP contribution in [0.15, 0.2) is 12.7 Å². The van der Waals surface area contributed by atoms with E-state index in [1.54, 1.807) is 0 Å². The highest BCUT2D eigenvalue weighted by atomic mass is 16.7. The summed E-state index contributed by atoms with van der Waals surface area (Å²) in [5, 5.41) is 0. The first-order valence-corrected chi connectivity index (χ1v) is 6.76. The van der Waals surface area contributed by atoms with Gasteiger partial charge in [0, 0.05) is 6.61 Å². The lowest BCUT2D eigenvalue weighted by Gasteiger charge is -2.26. The van der Waals surface area contributed by atoms with Crippen molar-refractivity contribution in [1.82, 2.24) is 0 Å². The molecule has 0 spiro atoms.